The van der Waals surface area contributed by atoms with E-state index in [2.05, 4.69) is 44.8 Å². The Labute approximate surface area is 114 Å². The van der Waals surface area contributed by atoms with Crippen molar-refractivity contribution in [3.63, 3.8) is 0 Å². The van der Waals surface area contributed by atoms with Crippen molar-refractivity contribution in [1.29, 1.82) is 0 Å². The Morgan fingerprint density at radius 1 is 1.15 bits per heavy atom. The second kappa shape index (κ2) is 4.76. The second-order valence-electron chi connectivity index (χ2n) is 4.84. The quantitative estimate of drug-likeness (QED) is 0.678. The van der Waals surface area contributed by atoms with E-state index < -0.39 is 0 Å². The number of hydrogen-bond acceptors (Lipinski definition) is 4. The van der Waals surface area contributed by atoms with Gasteiger partial charge in [0, 0.05) is 17.3 Å². The molecule has 2 heterocycles. The molecule has 0 aliphatic rings. The molecule has 0 saturated carbocycles. The first kappa shape index (κ1) is 12.3. The Kier molecular flexibility index (Phi) is 2.94. The number of carbonyl (C=O) groups excluding carboxylic acids is 1. The summed E-state index contributed by atoms with van der Waals surface area (Å²) in [6, 6.07) is 6.97. The SMILES string of the molecule is CC(C)c1cc(NC(=O)c2ccc3n[nH]nc3c2)n[nH]1. The minimum Gasteiger partial charge on any atom is -0.305 e. The van der Waals surface area contributed by atoms with Gasteiger partial charge in [-0.15, -0.1) is 0 Å². The number of aromatic nitrogens is 5. The van der Waals surface area contributed by atoms with Crippen LogP contribution in [0.5, 0.6) is 0 Å². The molecule has 3 N–H and O–H groups in total. The first-order valence-corrected chi connectivity index (χ1v) is 6.30. The Morgan fingerprint density at radius 2 is 1.95 bits per heavy atom. The molecule has 0 saturated heterocycles. The van der Waals surface area contributed by atoms with Crippen LogP contribution in [0.4, 0.5) is 5.82 Å². The molecule has 0 bridgehead atoms. The minimum absolute atomic E-state index is 0.225. The lowest BCUT2D eigenvalue weighted by molar-refractivity contribution is 0.102. The topological polar surface area (TPSA) is 99.3 Å². The lowest BCUT2D eigenvalue weighted by Crippen LogP contribution is -2.12. The van der Waals surface area contributed by atoms with E-state index in [0.717, 1.165) is 11.2 Å². The van der Waals surface area contributed by atoms with Crippen LogP contribution in [0, 0.1) is 0 Å². The molecule has 7 nitrogen and oxygen atoms in total. The van der Waals surface area contributed by atoms with E-state index in [9.17, 15) is 4.79 Å². The third-order valence-corrected chi connectivity index (χ3v) is 3.04. The van der Waals surface area contributed by atoms with Gasteiger partial charge in [0.1, 0.15) is 11.0 Å². The average Bonchev–Trinajstić information content (AvgIpc) is 3.05. The van der Waals surface area contributed by atoms with Gasteiger partial charge in [-0.2, -0.15) is 20.5 Å². The molecule has 102 valence electrons. The number of nitrogens with one attached hydrogen (secondary N) is 3. The van der Waals surface area contributed by atoms with Crippen LogP contribution < -0.4 is 5.32 Å². The molecule has 20 heavy (non-hydrogen) atoms. The van der Waals surface area contributed by atoms with Crippen LogP contribution in [0.25, 0.3) is 11.0 Å². The van der Waals surface area contributed by atoms with E-state index in [1.165, 1.54) is 0 Å². The molecule has 1 amide bonds. The average molecular weight is 270 g/mol. The summed E-state index contributed by atoms with van der Waals surface area (Å²) in [7, 11) is 0. The fourth-order valence-corrected chi connectivity index (χ4v) is 1.87. The smallest absolute Gasteiger partial charge is 0.256 e. The normalized spacial score (nSPS) is 11.2. The highest BCUT2D eigenvalue weighted by atomic mass is 16.1. The highest BCUT2D eigenvalue weighted by Crippen LogP contribution is 2.16. The monoisotopic (exact) mass is 270 g/mol. The van der Waals surface area contributed by atoms with Crippen molar-refractivity contribution in [2.75, 3.05) is 5.32 Å². The number of amides is 1. The largest absolute Gasteiger partial charge is 0.305 e. The van der Waals surface area contributed by atoms with Crippen molar-refractivity contribution in [3.05, 3.63) is 35.5 Å². The summed E-state index contributed by atoms with van der Waals surface area (Å²) in [6.45, 7) is 4.11. The van der Waals surface area contributed by atoms with Gasteiger partial charge in [0.15, 0.2) is 5.82 Å². The van der Waals surface area contributed by atoms with Crippen LogP contribution in [-0.4, -0.2) is 31.5 Å². The Morgan fingerprint density at radius 3 is 2.70 bits per heavy atom. The zero-order chi connectivity index (χ0) is 14.1. The van der Waals surface area contributed by atoms with Crippen molar-refractivity contribution >= 4 is 22.8 Å². The summed E-state index contributed by atoms with van der Waals surface area (Å²) in [5.41, 5.74) is 2.87. The van der Waals surface area contributed by atoms with E-state index in [4.69, 9.17) is 0 Å². The van der Waals surface area contributed by atoms with Gasteiger partial charge in [0.05, 0.1) is 0 Å². The maximum atomic E-state index is 12.1. The number of fused-ring (bicyclic) bond motifs is 1. The zero-order valence-corrected chi connectivity index (χ0v) is 11.1. The van der Waals surface area contributed by atoms with Crippen LogP contribution in [0.1, 0.15) is 35.8 Å². The van der Waals surface area contributed by atoms with Crippen LogP contribution in [-0.2, 0) is 0 Å². The van der Waals surface area contributed by atoms with E-state index >= 15 is 0 Å². The Balaban J connectivity index is 1.80. The molecule has 0 spiro atoms. The van der Waals surface area contributed by atoms with Gasteiger partial charge < -0.3 is 5.32 Å². The first-order valence-electron chi connectivity index (χ1n) is 6.30. The van der Waals surface area contributed by atoms with Crippen molar-refractivity contribution in [2.45, 2.75) is 19.8 Å². The lowest BCUT2D eigenvalue weighted by Gasteiger charge is -2.01. The van der Waals surface area contributed by atoms with Crippen molar-refractivity contribution in [2.24, 2.45) is 0 Å². The molecule has 1 aromatic carbocycles. The molecule has 0 radical (unpaired) electrons. The zero-order valence-electron chi connectivity index (χ0n) is 11.1. The number of benzene rings is 1. The van der Waals surface area contributed by atoms with Gasteiger partial charge in [-0.3, -0.25) is 9.89 Å². The van der Waals surface area contributed by atoms with Gasteiger partial charge >= 0.3 is 0 Å². The maximum absolute atomic E-state index is 12.1. The number of carbonyl (C=O) groups is 1. The number of nitrogens with zero attached hydrogens (tertiary/aromatic N) is 3. The molecule has 3 rings (SSSR count). The maximum Gasteiger partial charge on any atom is 0.256 e. The molecular formula is C13H14N6O. The summed E-state index contributed by atoms with van der Waals surface area (Å²) in [5, 5.41) is 20.1. The highest BCUT2D eigenvalue weighted by molar-refractivity contribution is 6.05. The summed E-state index contributed by atoms with van der Waals surface area (Å²) < 4.78 is 0. The van der Waals surface area contributed by atoms with Crippen LogP contribution in [0.15, 0.2) is 24.3 Å². The van der Waals surface area contributed by atoms with Crippen molar-refractivity contribution in [1.82, 2.24) is 25.6 Å². The molecular weight excluding hydrogens is 256 g/mol. The number of rotatable bonds is 3. The van der Waals surface area contributed by atoms with E-state index in [0.29, 0.717) is 22.8 Å². The van der Waals surface area contributed by atoms with Crippen LogP contribution in [0.3, 0.4) is 0 Å². The lowest BCUT2D eigenvalue weighted by atomic mass is 10.1. The number of H-pyrrole nitrogens is 2. The van der Waals surface area contributed by atoms with Gasteiger partial charge in [-0.05, 0) is 24.1 Å². The Hall–Kier alpha value is -2.70. The predicted octanol–water partition coefficient (Wildman–Crippen LogP) is 2.06. The molecule has 0 unspecified atom stereocenters. The van der Waals surface area contributed by atoms with Crippen LogP contribution in [0.2, 0.25) is 0 Å². The number of anilines is 1. The molecule has 2 aromatic heterocycles. The van der Waals surface area contributed by atoms with Crippen molar-refractivity contribution in [3.8, 4) is 0 Å². The van der Waals surface area contributed by atoms with Gasteiger partial charge in [0.25, 0.3) is 5.91 Å². The second-order valence-corrected chi connectivity index (χ2v) is 4.84. The number of hydrogen-bond donors (Lipinski definition) is 3. The summed E-state index contributed by atoms with van der Waals surface area (Å²) in [6.07, 6.45) is 0. The molecule has 7 heteroatoms. The summed E-state index contributed by atoms with van der Waals surface area (Å²) in [4.78, 5) is 12.1. The Bertz CT molecular complexity index is 757. The standard InChI is InChI=1S/C13H14N6O/c1-7(2)10-6-12(18-15-10)14-13(20)8-3-4-9-11(5-8)17-19-16-9/h3-7H,1-2H3,(H,16,17,19)(H2,14,15,18,20). The molecule has 0 fully saturated rings. The number of aromatic amines is 2. The third kappa shape index (κ3) is 2.25. The van der Waals surface area contributed by atoms with Crippen LogP contribution >= 0.6 is 0 Å². The minimum atomic E-state index is -0.225. The molecule has 3 aromatic rings. The van der Waals surface area contributed by atoms with Gasteiger partial charge in [0.2, 0.25) is 0 Å². The van der Waals surface area contributed by atoms with Crippen molar-refractivity contribution < 1.29 is 4.79 Å². The van der Waals surface area contributed by atoms with E-state index in [1.54, 1.807) is 18.2 Å². The highest BCUT2D eigenvalue weighted by Gasteiger charge is 2.11. The van der Waals surface area contributed by atoms with E-state index in [1.807, 2.05) is 6.07 Å². The predicted molar refractivity (Wildman–Crippen MR) is 74.5 cm³/mol. The molecule has 0 atom stereocenters. The first-order chi connectivity index (χ1) is 9.63. The summed E-state index contributed by atoms with van der Waals surface area (Å²) in [5.74, 6) is 0.621. The fraction of sp³-hybridized carbons (Fsp3) is 0.231. The third-order valence-electron chi connectivity index (χ3n) is 3.04. The molecule has 0 aliphatic heterocycles. The van der Waals surface area contributed by atoms with Gasteiger partial charge in [-0.25, -0.2) is 0 Å². The van der Waals surface area contributed by atoms with E-state index in [-0.39, 0.29) is 5.91 Å². The van der Waals surface area contributed by atoms with Gasteiger partial charge in [-0.1, -0.05) is 13.8 Å². The summed E-state index contributed by atoms with van der Waals surface area (Å²) >= 11 is 0. The molecule has 0 aliphatic carbocycles. The fourth-order valence-electron chi connectivity index (χ4n) is 1.87.